The molecule has 2 N–H and O–H groups in total. The van der Waals surface area contributed by atoms with Gasteiger partial charge in [-0.1, -0.05) is 48.2 Å². The van der Waals surface area contributed by atoms with Gasteiger partial charge in [-0.25, -0.2) is 4.98 Å². The normalized spacial score (nSPS) is 11.9. The van der Waals surface area contributed by atoms with Gasteiger partial charge < -0.3 is 10.5 Å². The van der Waals surface area contributed by atoms with E-state index in [0.717, 1.165) is 17.0 Å². The lowest BCUT2D eigenvalue weighted by Crippen LogP contribution is -2.19. The lowest BCUT2D eigenvalue weighted by Gasteiger charge is -2.14. The summed E-state index contributed by atoms with van der Waals surface area (Å²) in [6, 6.07) is 17.1. The molecule has 1 heterocycles. The SMILES string of the molecule is COc1cccc(-n2ccnc2S[C@H](C(N)=O)c2ccccc2)c1. The average molecular weight is 339 g/mol. The third kappa shape index (κ3) is 3.44. The van der Waals surface area contributed by atoms with E-state index in [-0.39, 0.29) is 0 Å². The second kappa shape index (κ2) is 7.23. The number of primary amides is 1. The summed E-state index contributed by atoms with van der Waals surface area (Å²) in [5.41, 5.74) is 7.37. The topological polar surface area (TPSA) is 70.1 Å². The number of amides is 1. The first kappa shape index (κ1) is 16.1. The van der Waals surface area contributed by atoms with Crippen LogP contribution in [0, 0.1) is 0 Å². The van der Waals surface area contributed by atoms with Crippen LogP contribution in [0.5, 0.6) is 5.75 Å². The van der Waals surface area contributed by atoms with Gasteiger partial charge in [-0.05, 0) is 17.7 Å². The summed E-state index contributed by atoms with van der Waals surface area (Å²) in [5, 5.41) is 0.189. The standard InChI is InChI=1S/C18H17N3O2S/c1-23-15-9-5-8-14(12-15)21-11-10-20-18(21)24-16(17(19)22)13-6-3-2-4-7-13/h2-12,16H,1H3,(H2,19,22)/t16-/m0/s1. The minimum Gasteiger partial charge on any atom is -0.497 e. The summed E-state index contributed by atoms with van der Waals surface area (Å²) in [6.07, 6.45) is 3.55. The third-order valence-electron chi connectivity index (χ3n) is 3.52. The lowest BCUT2D eigenvalue weighted by molar-refractivity contribution is -0.117. The van der Waals surface area contributed by atoms with E-state index >= 15 is 0 Å². The Kier molecular flexibility index (Phi) is 4.86. The molecule has 0 bridgehead atoms. The molecule has 0 saturated heterocycles. The van der Waals surface area contributed by atoms with E-state index in [1.165, 1.54) is 11.8 Å². The Labute approximate surface area is 144 Å². The van der Waals surface area contributed by atoms with Gasteiger partial charge in [-0.3, -0.25) is 9.36 Å². The van der Waals surface area contributed by atoms with Gasteiger partial charge in [-0.15, -0.1) is 0 Å². The number of thioether (sulfide) groups is 1. The molecule has 3 aromatic rings. The number of rotatable bonds is 6. The Morgan fingerprint density at radius 3 is 2.71 bits per heavy atom. The molecule has 6 heteroatoms. The minimum atomic E-state index is -0.502. The molecule has 0 unspecified atom stereocenters. The van der Waals surface area contributed by atoms with Gasteiger partial charge in [0.15, 0.2) is 5.16 Å². The number of hydrogen-bond donors (Lipinski definition) is 1. The van der Waals surface area contributed by atoms with Crippen molar-refractivity contribution in [2.24, 2.45) is 5.73 Å². The predicted octanol–water partition coefficient (Wildman–Crippen LogP) is 3.20. The Hall–Kier alpha value is -2.73. The number of methoxy groups -OCH3 is 1. The maximum atomic E-state index is 11.9. The summed E-state index contributed by atoms with van der Waals surface area (Å²) in [6.45, 7) is 0. The number of imidazole rings is 1. The van der Waals surface area contributed by atoms with E-state index in [2.05, 4.69) is 4.98 Å². The quantitative estimate of drug-likeness (QED) is 0.700. The molecule has 1 amide bonds. The first-order chi connectivity index (χ1) is 11.7. The van der Waals surface area contributed by atoms with Crippen molar-refractivity contribution in [2.45, 2.75) is 10.4 Å². The molecule has 122 valence electrons. The van der Waals surface area contributed by atoms with Crippen LogP contribution < -0.4 is 10.5 Å². The zero-order chi connectivity index (χ0) is 16.9. The second-order valence-corrected chi connectivity index (χ2v) is 6.16. The molecule has 0 spiro atoms. The highest BCUT2D eigenvalue weighted by atomic mass is 32.2. The van der Waals surface area contributed by atoms with E-state index in [1.54, 1.807) is 13.3 Å². The number of aromatic nitrogens is 2. The molecule has 0 fully saturated rings. The highest BCUT2D eigenvalue weighted by Crippen LogP contribution is 2.35. The predicted molar refractivity (Wildman–Crippen MR) is 94.4 cm³/mol. The van der Waals surface area contributed by atoms with Crippen LogP contribution >= 0.6 is 11.8 Å². The zero-order valence-electron chi connectivity index (χ0n) is 13.1. The van der Waals surface area contributed by atoms with Crippen molar-refractivity contribution < 1.29 is 9.53 Å². The van der Waals surface area contributed by atoms with E-state index in [0.29, 0.717) is 5.16 Å². The lowest BCUT2D eigenvalue weighted by atomic mass is 10.1. The van der Waals surface area contributed by atoms with E-state index in [4.69, 9.17) is 10.5 Å². The first-order valence-corrected chi connectivity index (χ1v) is 8.25. The van der Waals surface area contributed by atoms with Crippen molar-refractivity contribution in [3.05, 3.63) is 72.6 Å². The Balaban J connectivity index is 1.93. The molecule has 0 aliphatic carbocycles. The number of carbonyl (C=O) groups is 1. The average Bonchev–Trinajstić information content (AvgIpc) is 3.08. The molecule has 0 aliphatic heterocycles. The van der Waals surface area contributed by atoms with Crippen molar-refractivity contribution in [3.8, 4) is 11.4 Å². The van der Waals surface area contributed by atoms with E-state index in [1.807, 2.05) is 65.4 Å². The van der Waals surface area contributed by atoms with Crippen LogP contribution in [0.3, 0.4) is 0 Å². The van der Waals surface area contributed by atoms with Crippen LogP contribution in [0.4, 0.5) is 0 Å². The van der Waals surface area contributed by atoms with Gasteiger partial charge in [0.25, 0.3) is 0 Å². The van der Waals surface area contributed by atoms with E-state index < -0.39 is 11.2 Å². The van der Waals surface area contributed by atoms with Gasteiger partial charge in [0, 0.05) is 18.5 Å². The van der Waals surface area contributed by atoms with Crippen molar-refractivity contribution >= 4 is 17.7 Å². The fourth-order valence-corrected chi connectivity index (χ4v) is 3.38. The second-order valence-electron chi connectivity index (χ2n) is 5.09. The van der Waals surface area contributed by atoms with Gasteiger partial charge in [-0.2, -0.15) is 0 Å². The van der Waals surface area contributed by atoms with Crippen LogP contribution in [-0.4, -0.2) is 22.6 Å². The Morgan fingerprint density at radius 1 is 1.21 bits per heavy atom. The Bertz CT molecular complexity index is 833. The fraction of sp³-hybridized carbons (Fsp3) is 0.111. The van der Waals surface area contributed by atoms with E-state index in [9.17, 15) is 4.79 Å². The van der Waals surface area contributed by atoms with Crippen molar-refractivity contribution in [1.29, 1.82) is 0 Å². The molecule has 5 nitrogen and oxygen atoms in total. The van der Waals surface area contributed by atoms with Crippen LogP contribution in [0.1, 0.15) is 10.8 Å². The molecular formula is C18H17N3O2S. The van der Waals surface area contributed by atoms with Crippen LogP contribution in [0.2, 0.25) is 0 Å². The van der Waals surface area contributed by atoms with Gasteiger partial charge in [0.1, 0.15) is 11.0 Å². The highest BCUT2D eigenvalue weighted by molar-refractivity contribution is 8.00. The van der Waals surface area contributed by atoms with Gasteiger partial charge >= 0.3 is 0 Å². The number of ether oxygens (including phenoxy) is 1. The monoisotopic (exact) mass is 339 g/mol. The summed E-state index contributed by atoms with van der Waals surface area (Å²) in [4.78, 5) is 16.3. The maximum Gasteiger partial charge on any atom is 0.235 e. The molecule has 0 saturated carbocycles. The fourth-order valence-electron chi connectivity index (χ4n) is 2.36. The number of benzene rings is 2. The molecular weight excluding hydrogens is 322 g/mol. The van der Waals surface area contributed by atoms with Crippen molar-refractivity contribution in [1.82, 2.24) is 9.55 Å². The largest absolute Gasteiger partial charge is 0.497 e. The molecule has 0 radical (unpaired) electrons. The highest BCUT2D eigenvalue weighted by Gasteiger charge is 2.22. The smallest absolute Gasteiger partial charge is 0.235 e. The summed E-state index contributed by atoms with van der Waals surface area (Å²) in [5.74, 6) is 0.359. The summed E-state index contributed by atoms with van der Waals surface area (Å²) >= 11 is 1.33. The van der Waals surface area contributed by atoms with Crippen LogP contribution in [0.15, 0.2) is 72.1 Å². The molecule has 0 aliphatic rings. The molecule has 3 rings (SSSR count). The maximum absolute atomic E-state index is 11.9. The van der Waals surface area contributed by atoms with Crippen molar-refractivity contribution in [3.63, 3.8) is 0 Å². The zero-order valence-corrected chi connectivity index (χ0v) is 13.9. The number of carbonyl (C=O) groups excluding carboxylic acids is 1. The number of nitrogens with zero attached hydrogens (tertiary/aromatic N) is 2. The molecule has 1 atom stereocenters. The number of nitrogens with two attached hydrogens (primary N) is 1. The van der Waals surface area contributed by atoms with Crippen LogP contribution in [-0.2, 0) is 4.79 Å². The molecule has 1 aromatic heterocycles. The van der Waals surface area contributed by atoms with Crippen molar-refractivity contribution in [2.75, 3.05) is 7.11 Å². The molecule has 24 heavy (non-hydrogen) atoms. The van der Waals surface area contributed by atoms with Gasteiger partial charge in [0.2, 0.25) is 5.91 Å². The number of hydrogen-bond acceptors (Lipinski definition) is 4. The van der Waals surface area contributed by atoms with Crippen LogP contribution in [0.25, 0.3) is 5.69 Å². The summed E-state index contributed by atoms with van der Waals surface area (Å²) in [7, 11) is 1.63. The first-order valence-electron chi connectivity index (χ1n) is 7.37. The van der Waals surface area contributed by atoms with Gasteiger partial charge in [0.05, 0.1) is 12.8 Å². The molecule has 2 aromatic carbocycles. The Morgan fingerprint density at radius 2 is 2.00 bits per heavy atom. The third-order valence-corrected chi connectivity index (χ3v) is 4.78. The minimum absolute atomic E-state index is 0.397. The summed E-state index contributed by atoms with van der Waals surface area (Å²) < 4.78 is 7.18.